The van der Waals surface area contributed by atoms with Gasteiger partial charge in [0.05, 0.1) is 18.9 Å². The molecule has 0 bridgehead atoms. The van der Waals surface area contributed by atoms with Gasteiger partial charge in [0.1, 0.15) is 12.4 Å². The fourth-order valence-electron chi connectivity index (χ4n) is 3.94. The smallest absolute Gasteiger partial charge is 0.274 e. The van der Waals surface area contributed by atoms with E-state index < -0.39 is 11.7 Å². The first-order chi connectivity index (χ1) is 17.5. The summed E-state index contributed by atoms with van der Waals surface area (Å²) in [6.45, 7) is 1.95. The quantitative estimate of drug-likeness (QED) is 0.364. The zero-order valence-corrected chi connectivity index (χ0v) is 20.1. The number of rotatable bonds is 8. The van der Waals surface area contributed by atoms with Crippen LogP contribution in [-0.4, -0.2) is 43.1 Å². The summed E-state index contributed by atoms with van der Waals surface area (Å²) in [5, 5.41) is 3.90. The van der Waals surface area contributed by atoms with Gasteiger partial charge >= 0.3 is 0 Å². The van der Waals surface area contributed by atoms with E-state index in [1.54, 1.807) is 24.3 Å². The highest BCUT2D eigenvalue weighted by atomic mass is 19.1. The molecule has 1 fully saturated rings. The predicted octanol–water partition coefficient (Wildman–Crippen LogP) is 4.80. The van der Waals surface area contributed by atoms with Crippen LogP contribution in [0.2, 0.25) is 0 Å². The summed E-state index contributed by atoms with van der Waals surface area (Å²) in [7, 11) is 1.53. The third-order valence-electron chi connectivity index (χ3n) is 5.92. The van der Waals surface area contributed by atoms with Crippen molar-refractivity contribution in [2.24, 2.45) is 5.10 Å². The number of halogens is 1. The van der Waals surface area contributed by atoms with E-state index in [4.69, 9.17) is 9.47 Å². The maximum atomic E-state index is 13.7. The van der Waals surface area contributed by atoms with Crippen molar-refractivity contribution in [2.45, 2.75) is 25.9 Å². The number of nitrogens with zero attached hydrogens (tertiary/aromatic N) is 2. The number of piperidine rings is 1. The Morgan fingerprint density at radius 2 is 1.75 bits per heavy atom. The number of ether oxygens (including phenoxy) is 2. The van der Waals surface area contributed by atoms with Gasteiger partial charge in [-0.3, -0.25) is 9.59 Å². The number of hydrazone groups is 1. The molecule has 3 aromatic carbocycles. The van der Waals surface area contributed by atoms with Crippen LogP contribution >= 0.6 is 0 Å². The Labute approximate surface area is 209 Å². The lowest BCUT2D eigenvalue weighted by molar-refractivity contribution is 0.0724. The average Bonchev–Trinajstić information content (AvgIpc) is 2.92. The van der Waals surface area contributed by atoms with Crippen molar-refractivity contribution in [2.75, 3.05) is 20.2 Å². The summed E-state index contributed by atoms with van der Waals surface area (Å²) >= 11 is 0. The summed E-state index contributed by atoms with van der Waals surface area (Å²) in [4.78, 5) is 26.6. The first-order valence-electron chi connectivity index (χ1n) is 11.8. The molecule has 1 aliphatic rings. The van der Waals surface area contributed by atoms with Crippen molar-refractivity contribution in [1.82, 2.24) is 10.3 Å². The Morgan fingerprint density at radius 1 is 1.00 bits per heavy atom. The normalized spacial score (nSPS) is 13.4. The Hall–Kier alpha value is -4.20. The van der Waals surface area contributed by atoms with Crippen molar-refractivity contribution in [1.29, 1.82) is 0 Å². The minimum atomic E-state index is -0.639. The van der Waals surface area contributed by atoms with E-state index in [-0.39, 0.29) is 11.5 Å². The average molecular weight is 490 g/mol. The monoisotopic (exact) mass is 489 g/mol. The Kier molecular flexibility index (Phi) is 8.28. The Balaban J connectivity index is 1.33. The second kappa shape index (κ2) is 12.0. The van der Waals surface area contributed by atoms with Crippen LogP contribution in [0.4, 0.5) is 4.39 Å². The maximum Gasteiger partial charge on any atom is 0.274 e. The molecule has 0 atom stereocenters. The number of carbonyl (C=O) groups excluding carboxylic acids is 2. The van der Waals surface area contributed by atoms with Gasteiger partial charge in [-0.05, 0) is 72.9 Å². The standard InChI is InChI=1S/C28H28FN3O4/c1-35-26-17-21(18-30-31-27(33)23-7-3-4-8-24(23)29)11-14-25(26)36-19-20-9-12-22(13-10-20)28(34)32-15-5-2-6-16-32/h3-4,7-14,17-18H,2,5-6,15-16,19H2,1H3,(H,31,33). The molecule has 2 amide bonds. The number of benzene rings is 3. The number of hydrogen-bond donors (Lipinski definition) is 1. The molecule has 4 rings (SSSR count). The second-order valence-corrected chi connectivity index (χ2v) is 8.43. The van der Waals surface area contributed by atoms with E-state index in [1.165, 1.54) is 37.9 Å². The van der Waals surface area contributed by atoms with Crippen molar-refractivity contribution in [3.63, 3.8) is 0 Å². The van der Waals surface area contributed by atoms with Gasteiger partial charge < -0.3 is 14.4 Å². The van der Waals surface area contributed by atoms with Crippen LogP contribution < -0.4 is 14.9 Å². The lowest BCUT2D eigenvalue weighted by atomic mass is 10.1. The SMILES string of the molecule is COc1cc(C=NNC(=O)c2ccccc2F)ccc1OCc1ccc(C(=O)N2CCCCC2)cc1. The molecule has 0 aromatic heterocycles. The third-order valence-corrected chi connectivity index (χ3v) is 5.92. The minimum absolute atomic E-state index is 0.0752. The highest BCUT2D eigenvalue weighted by molar-refractivity contribution is 5.95. The first kappa shape index (κ1) is 24.9. The van der Waals surface area contributed by atoms with Crippen LogP contribution in [0.15, 0.2) is 71.8 Å². The summed E-state index contributed by atoms with van der Waals surface area (Å²) in [6, 6.07) is 18.4. The van der Waals surface area contributed by atoms with Crippen LogP contribution in [0.5, 0.6) is 11.5 Å². The van der Waals surface area contributed by atoms with Gasteiger partial charge in [-0.15, -0.1) is 0 Å². The van der Waals surface area contributed by atoms with E-state index >= 15 is 0 Å². The zero-order chi connectivity index (χ0) is 25.3. The van der Waals surface area contributed by atoms with Crippen LogP contribution in [0.1, 0.15) is 51.1 Å². The molecule has 1 saturated heterocycles. The molecule has 0 spiro atoms. The molecule has 1 aliphatic heterocycles. The molecule has 7 nitrogen and oxygen atoms in total. The van der Waals surface area contributed by atoms with Gasteiger partial charge in [-0.25, -0.2) is 9.82 Å². The van der Waals surface area contributed by atoms with Gasteiger partial charge in [0, 0.05) is 18.7 Å². The molecular weight excluding hydrogens is 461 g/mol. The fourth-order valence-corrected chi connectivity index (χ4v) is 3.94. The molecular formula is C28H28FN3O4. The summed E-state index contributed by atoms with van der Waals surface area (Å²) < 4.78 is 25.1. The van der Waals surface area contributed by atoms with E-state index in [1.807, 2.05) is 29.2 Å². The molecule has 0 unspecified atom stereocenters. The Bertz CT molecular complexity index is 1240. The van der Waals surface area contributed by atoms with Gasteiger partial charge in [0.2, 0.25) is 0 Å². The zero-order valence-electron chi connectivity index (χ0n) is 20.1. The molecule has 0 aliphatic carbocycles. The summed E-state index contributed by atoms with van der Waals surface area (Å²) in [5.41, 5.74) is 4.50. The summed E-state index contributed by atoms with van der Waals surface area (Å²) in [6.07, 6.45) is 4.74. The molecule has 0 radical (unpaired) electrons. The third kappa shape index (κ3) is 6.27. The molecule has 3 aromatic rings. The van der Waals surface area contributed by atoms with Crippen molar-refractivity contribution in [3.05, 3.63) is 94.8 Å². The van der Waals surface area contributed by atoms with Crippen LogP contribution in [-0.2, 0) is 6.61 Å². The minimum Gasteiger partial charge on any atom is -0.493 e. The van der Waals surface area contributed by atoms with Crippen LogP contribution in [0.3, 0.4) is 0 Å². The highest BCUT2D eigenvalue weighted by Gasteiger charge is 2.18. The largest absolute Gasteiger partial charge is 0.493 e. The molecule has 1 N–H and O–H groups in total. The topological polar surface area (TPSA) is 80.2 Å². The van der Waals surface area contributed by atoms with Gasteiger partial charge in [-0.1, -0.05) is 24.3 Å². The van der Waals surface area contributed by atoms with E-state index in [2.05, 4.69) is 10.5 Å². The number of likely N-dealkylation sites (tertiary alicyclic amines) is 1. The van der Waals surface area contributed by atoms with Gasteiger partial charge in [0.25, 0.3) is 11.8 Å². The number of amides is 2. The molecule has 1 heterocycles. The number of carbonyl (C=O) groups is 2. The van der Waals surface area contributed by atoms with Crippen molar-refractivity contribution < 1.29 is 23.5 Å². The summed E-state index contributed by atoms with van der Waals surface area (Å²) in [5.74, 6) is -0.141. The van der Waals surface area contributed by atoms with E-state index in [0.29, 0.717) is 29.2 Å². The molecule has 186 valence electrons. The van der Waals surface area contributed by atoms with E-state index in [0.717, 1.165) is 31.5 Å². The van der Waals surface area contributed by atoms with Gasteiger partial charge in [-0.2, -0.15) is 5.10 Å². The number of hydrogen-bond acceptors (Lipinski definition) is 5. The van der Waals surface area contributed by atoms with Gasteiger partial charge in [0.15, 0.2) is 11.5 Å². The predicted molar refractivity (Wildman–Crippen MR) is 135 cm³/mol. The Morgan fingerprint density at radius 3 is 2.47 bits per heavy atom. The molecule has 8 heteroatoms. The number of methoxy groups -OCH3 is 1. The molecule has 36 heavy (non-hydrogen) atoms. The maximum absolute atomic E-state index is 13.7. The lowest BCUT2D eigenvalue weighted by Crippen LogP contribution is -2.35. The van der Waals surface area contributed by atoms with Crippen molar-refractivity contribution >= 4 is 18.0 Å². The van der Waals surface area contributed by atoms with Crippen LogP contribution in [0, 0.1) is 5.82 Å². The lowest BCUT2D eigenvalue weighted by Gasteiger charge is -2.26. The van der Waals surface area contributed by atoms with E-state index in [9.17, 15) is 14.0 Å². The van der Waals surface area contributed by atoms with Crippen LogP contribution in [0.25, 0.3) is 0 Å². The number of nitrogens with one attached hydrogen (secondary N) is 1. The first-order valence-corrected chi connectivity index (χ1v) is 11.8. The van der Waals surface area contributed by atoms with Crippen molar-refractivity contribution in [3.8, 4) is 11.5 Å². The molecule has 0 saturated carbocycles. The highest BCUT2D eigenvalue weighted by Crippen LogP contribution is 2.28. The fraction of sp³-hybridized carbons (Fsp3) is 0.250. The second-order valence-electron chi connectivity index (χ2n) is 8.43.